The minimum atomic E-state index is -0.506. The number of hydrogen-bond acceptors (Lipinski definition) is 2. The molecule has 1 rings (SSSR count). The van der Waals surface area contributed by atoms with E-state index in [9.17, 15) is 9.18 Å². The number of alkyl carbamates (subject to hydrolysis) is 1. The molecule has 1 N–H and O–H groups in total. The third kappa shape index (κ3) is 5.49. The van der Waals surface area contributed by atoms with Crippen LogP contribution >= 0.6 is 15.9 Å². The number of hydrogen-bond donors (Lipinski definition) is 1. The van der Waals surface area contributed by atoms with Crippen molar-refractivity contribution in [2.75, 3.05) is 6.54 Å². The lowest BCUT2D eigenvalue weighted by atomic mass is 10.1. The second-order valence-electron chi connectivity index (χ2n) is 4.93. The molecule has 0 radical (unpaired) electrons. The molecule has 0 saturated carbocycles. The lowest BCUT2D eigenvalue weighted by Gasteiger charge is -2.19. The van der Waals surface area contributed by atoms with Crippen LogP contribution in [0.2, 0.25) is 0 Å². The molecule has 0 spiro atoms. The molecule has 0 aliphatic rings. The van der Waals surface area contributed by atoms with E-state index in [0.717, 1.165) is 5.56 Å². The maximum Gasteiger partial charge on any atom is 0.407 e. The van der Waals surface area contributed by atoms with Crippen molar-refractivity contribution >= 4 is 22.0 Å². The molecule has 1 aromatic rings. The molecule has 0 unspecified atom stereocenters. The maximum atomic E-state index is 13.2. The minimum Gasteiger partial charge on any atom is -0.444 e. The summed E-state index contributed by atoms with van der Waals surface area (Å²) in [7, 11) is 0. The molecule has 0 aliphatic heterocycles. The van der Waals surface area contributed by atoms with Crippen molar-refractivity contribution in [3.05, 3.63) is 34.1 Å². The van der Waals surface area contributed by atoms with Crippen molar-refractivity contribution in [1.82, 2.24) is 5.32 Å². The van der Waals surface area contributed by atoms with Gasteiger partial charge in [0.1, 0.15) is 11.4 Å². The number of ether oxygens (including phenoxy) is 1. The molecule has 5 heteroatoms. The van der Waals surface area contributed by atoms with E-state index < -0.39 is 11.7 Å². The third-order valence-corrected chi connectivity index (χ3v) is 2.71. The molecular formula is C13H17BrFNO2. The number of benzene rings is 1. The first-order valence-corrected chi connectivity index (χ1v) is 6.48. The first kappa shape index (κ1) is 15.0. The number of rotatable bonds is 3. The highest BCUT2D eigenvalue weighted by Gasteiger charge is 2.15. The molecule has 0 fully saturated rings. The summed E-state index contributed by atoms with van der Waals surface area (Å²) in [6.07, 6.45) is 0.101. The minimum absolute atomic E-state index is 0.301. The van der Waals surface area contributed by atoms with Crippen molar-refractivity contribution in [3.63, 3.8) is 0 Å². The van der Waals surface area contributed by atoms with Gasteiger partial charge < -0.3 is 10.1 Å². The quantitative estimate of drug-likeness (QED) is 0.924. The summed E-state index contributed by atoms with van der Waals surface area (Å²) in [5, 5.41) is 2.63. The monoisotopic (exact) mass is 317 g/mol. The van der Waals surface area contributed by atoms with Crippen LogP contribution in [0.3, 0.4) is 0 Å². The Hall–Kier alpha value is -1.10. The Balaban J connectivity index is 2.38. The van der Waals surface area contributed by atoms with Crippen LogP contribution in [0.1, 0.15) is 26.3 Å². The summed E-state index contributed by atoms with van der Waals surface area (Å²) in [5.74, 6) is -0.301. The predicted octanol–water partition coefficient (Wildman–Crippen LogP) is 3.66. The van der Waals surface area contributed by atoms with E-state index >= 15 is 0 Å². The number of amides is 1. The van der Waals surface area contributed by atoms with Crippen LogP contribution in [-0.4, -0.2) is 18.2 Å². The number of carbonyl (C=O) groups is 1. The van der Waals surface area contributed by atoms with Gasteiger partial charge in [-0.2, -0.15) is 0 Å². The van der Waals surface area contributed by atoms with Crippen LogP contribution in [0.5, 0.6) is 0 Å². The summed E-state index contributed by atoms with van der Waals surface area (Å²) in [6.45, 7) is 5.82. The van der Waals surface area contributed by atoms with Crippen LogP contribution in [0, 0.1) is 5.82 Å². The Bertz CT molecular complexity index is 429. The van der Waals surface area contributed by atoms with Gasteiger partial charge in [0.05, 0.1) is 4.47 Å². The third-order valence-electron chi connectivity index (χ3n) is 2.07. The lowest BCUT2D eigenvalue weighted by Crippen LogP contribution is -2.33. The number of nitrogens with one attached hydrogen (secondary N) is 1. The van der Waals surface area contributed by atoms with Gasteiger partial charge >= 0.3 is 6.09 Å². The van der Waals surface area contributed by atoms with Crippen molar-refractivity contribution < 1.29 is 13.9 Å². The standard InChI is InChI=1S/C13H17BrFNO2/c1-13(2,3)18-12(17)16-7-6-9-4-5-10(14)11(15)8-9/h4-5,8H,6-7H2,1-3H3,(H,16,17). The predicted molar refractivity (Wildman–Crippen MR) is 72.0 cm³/mol. The lowest BCUT2D eigenvalue weighted by molar-refractivity contribution is 0.0528. The second-order valence-corrected chi connectivity index (χ2v) is 5.78. The van der Waals surface area contributed by atoms with Crippen molar-refractivity contribution in [1.29, 1.82) is 0 Å². The SMILES string of the molecule is CC(C)(C)OC(=O)NCCc1ccc(Br)c(F)c1. The molecule has 0 heterocycles. The Morgan fingerprint density at radius 3 is 2.67 bits per heavy atom. The van der Waals surface area contributed by atoms with Crippen LogP contribution < -0.4 is 5.32 Å². The molecule has 3 nitrogen and oxygen atoms in total. The molecule has 100 valence electrons. The Kier molecular flexibility index (Phi) is 5.14. The zero-order chi connectivity index (χ0) is 13.8. The topological polar surface area (TPSA) is 38.3 Å². The zero-order valence-electron chi connectivity index (χ0n) is 10.7. The van der Waals surface area contributed by atoms with Gasteiger partial charge in [0, 0.05) is 6.54 Å². The smallest absolute Gasteiger partial charge is 0.407 e. The van der Waals surface area contributed by atoms with Gasteiger partial charge in [-0.3, -0.25) is 0 Å². The molecule has 0 bridgehead atoms. The molecule has 0 aromatic heterocycles. The summed E-state index contributed by atoms with van der Waals surface area (Å²) in [5.41, 5.74) is 0.320. The van der Waals surface area contributed by atoms with Crippen LogP contribution in [0.15, 0.2) is 22.7 Å². The van der Waals surface area contributed by atoms with Gasteiger partial charge in [0.15, 0.2) is 0 Å². The molecule has 18 heavy (non-hydrogen) atoms. The first-order valence-electron chi connectivity index (χ1n) is 5.69. The van der Waals surface area contributed by atoms with E-state index in [2.05, 4.69) is 21.2 Å². The van der Waals surface area contributed by atoms with Crippen LogP contribution in [0.4, 0.5) is 9.18 Å². The van der Waals surface area contributed by atoms with Gasteiger partial charge in [0.25, 0.3) is 0 Å². The van der Waals surface area contributed by atoms with Gasteiger partial charge in [0.2, 0.25) is 0 Å². The van der Waals surface area contributed by atoms with Crippen LogP contribution in [0.25, 0.3) is 0 Å². The molecular weight excluding hydrogens is 301 g/mol. The summed E-state index contributed by atoms with van der Waals surface area (Å²) in [4.78, 5) is 11.4. The molecule has 1 amide bonds. The molecule has 0 atom stereocenters. The fourth-order valence-corrected chi connectivity index (χ4v) is 1.56. The van der Waals surface area contributed by atoms with Crippen molar-refractivity contribution in [2.24, 2.45) is 0 Å². The maximum absolute atomic E-state index is 13.2. The Morgan fingerprint density at radius 1 is 1.44 bits per heavy atom. The van der Waals surface area contributed by atoms with Crippen molar-refractivity contribution in [2.45, 2.75) is 32.8 Å². The zero-order valence-corrected chi connectivity index (χ0v) is 12.3. The highest BCUT2D eigenvalue weighted by molar-refractivity contribution is 9.10. The molecule has 1 aromatic carbocycles. The van der Waals surface area contributed by atoms with Gasteiger partial charge in [-0.25, -0.2) is 9.18 Å². The average Bonchev–Trinajstić information content (AvgIpc) is 2.20. The number of carbonyl (C=O) groups excluding carboxylic acids is 1. The van der Waals surface area contributed by atoms with E-state index in [1.54, 1.807) is 26.8 Å². The van der Waals surface area contributed by atoms with E-state index in [0.29, 0.717) is 17.4 Å². The van der Waals surface area contributed by atoms with E-state index in [1.165, 1.54) is 6.07 Å². The van der Waals surface area contributed by atoms with Gasteiger partial charge in [-0.05, 0) is 60.8 Å². The molecule has 0 aliphatic carbocycles. The number of halogens is 2. The largest absolute Gasteiger partial charge is 0.444 e. The van der Waals surface area contributed by atoms with Gasteiger partial charge in [-0.15, -0.1) is 0 Å². The highest BCUT2D eigenvalue weighted by atomic mass is 79.9. The second kappa shape index (κ2) is 6.18. The van der Waals surface area contributed by atoms with E-state index in [-0.39, 0.29) is 5.82 Å². The first-order chi connectivity index (χ1) is 8.28. The highest BCUT2D eigenvalue weighted by Crippen LogP contribution is 2.16. The van der Waals surface area contributed by atoms with E-state index in [4.69, 9.17) is 4.74 Å². The fraction of sp³-hybridized carbons (Fsp3) is 0.462. The summed E-state index contributed by atoms with van der Waals surface area (Å²) < 4.78 is 18.8. The Labute approximate surface area is 115 Å². The average molecular weight is 318 g/mol. The fourth-order valence-electron chi connectivity index (χ4n) is 1.32. The van der Waals surface area contributed by atoms with Gasteiger partial charge in [-0.1, -0.05) is 6.07 Å². The summed E-state index contributed by atoms with van der Waals surface area (Å²) in [6, 6.07) is 4.91. The van der Waals surface area contributed by atoms with Crippen molar-refractivity contribution in [3.8, 4) is 0 Å². The van der Waals surface area contributed by atoms with Crippen LogP contribution in [-0.2, 0) is 11.2 Å². The molecule has 0 saturated heterocycles. The summed E-state index contributed by atoms with van der Waals surface area (Å²) >= 11 is 3.09. The normalized spacial score (nSPS) is 11.2. The Morgan fingerprint density at radius 2 is 2.11 bits per heavy atom. The van der Waals surface area contributed by atoms with E-state index in [1.807, 2.05) is 6.07 Å².